The van der Waals surface area contributed by atoms with Crippen LogP contribution in [0, 0.1) is 6.92 Å². The Kier molecular flexibility index (Phi) is 4.37. The van der Waals surface area contributed by atoms with E-state index < -0.39 is 34.9 Å². The molecular formula is C17H11F6N3O. The van der Waals surface area contributed by atoms with E-state index in [0.29, 0.717) is 28.9 Å². The highest BCUT2D eigenvalue weighted by molar-refractivity contribution is 5.63. The third kappa shape index (κ3) is 3.88. The molecule has 0 amide bonds. The fraction of sp³-hybridized carbons (Fsp3) is 0.176. The van der Waals surface area contributed by atoms with Crippen molar-refractivity contribution in [2.24, 2.45) is 0 Å². The second-order valence-electron chi connectivity index (χ2n) is 5.78. The van der Waals surface area contributed by atoms with E-state index in [1.54, 1.807) is 25.1 Å². The molecule has 0 fully saturated rings. The molecule has 0 aliphatic carbocycles. The predicted octanol–water partition coefficient (Wildman–Crippen LogP) is 5.33. The minimum Gasteiger partial charge on any atom is -0.416 e. The van der Waals surface area contributed by atoms with Crippen LogP contribution < -0.4 is 5.73 Å². The molecule has 0 saturated carbocycles. The molecule has 4 nitrogen and oxygen atoms in total. The van der Waals surface area contributed by atoms with Crippen molar-refractivity contribution in [3.05, 3.63) is 53.1 Å². The molecule has 0 spiro atoms. The average Bonchev–Trinajstić information content (AvgIpc) is 3.05. The second-order valence-corrected chi connectivity index (χ2v) is 5.78. The van der Waals surface area contributed by atoms with Crippen LogP contribution in [0.4, 0.5) is 32.0 Å². The standard InChI is InChI=1S/C17H11F6N3O/c1-8-4-9(2-3-13(8)24)14-25-26-15(27-14)10-5-11(16(18,19)20)7-12(6-10)17(21,22)23/h2-7H,24H2,1H3. The first kappa shape index (κ1) is 18.7. The van der Waals surface area contributed by atoms with Crippen molar-refractivity contribution in [3.63, 3.8) is 0 Å². The van der Waals surface area contributed by atoms with Crippen molar-refractivity contribution in [2.45, 2.75) is 19.3 Å². The van der Waals surface area contributed by atoms with Crippen LogP contribution in [0.15, 0.2) is 40.8 Å². The van der Waals surface area contributed by atoms with Gasteiger partial charge in [-0.2, -0.15) is 26.3 Å². The van der Waals surface area contributed by atoms with Gasteiger partial charge >= 0.3 is 12.4 Å². The molecule has 3 aromatic rings. The van der Waals surface area contributed by atoms with E-state index in [1.807, 2.05) is 0 Å². The second kappa shape index (κ2) is 6.29. The minimum atomic E-state index is -4.97. The molecule has 0 radical (unpaired) electrons. The van der Waals surface area contributed by atoms with Crippen molar-refractivity contribution in [2.75, 3.05) is 5.73 Å². The summed E-state index contributed by atoms with van der Waals surface area (Å²) in [7, 11) is 0. The number of hydrogen-bond donors (Lipinski definition) is 1. The lowest BCUT2D eigenvalue weighted by molar-refractivity contribution is -0.143. The van der Waals surface area contributed by atoms with Gasteiger partial charge in [-0.15, -0.1) is 10.2 Å². The maximum atomic E-state index is 13.0. The number of nitrogen functional groups attached to an aromatic ring is 1. The van der Waals surface area contributed by atoms with Crippen molar-refractivity contribution >= 4 is 5.69 Å². The molecule has 0 unspecified atom stereocenters. The zero-order valence-electron chi connectivity index (χ0n) is 13.6. The SMILES string of the molecule is Cc1cc(-c2nnc(-c3cc(C(F)(F)F)cc(C(F)(F)F)c3)o2)ccc1N. The Morgan fingerprint density at radius 3 is 1.78 bits per heavy atom. The van der Waals surface area contributed by atoms with Gasteiger partial charge in [-0.1, -0.05) is 0 Å². The van der Waals surface area contributed by atoms with Gasteiger partial charge in [0.1, 0.15) is 0 Å². The lowest BCUT2D eigenvalue weighted by atomic mass is 10.0. The van der Waals surface area contributed by atoms with Gasteiger partial charge in [0.15, 0.2) is 0 Å². The summed E-state index contributed by atoms with van der Waals surface area (Å²) in [6.07, 6.45) is -9.93. The van der Waals surface area contributed by atoms with Gasteiger partial charge in [0.25, 0.3) is 0 Å². The van der Waals surface area contributed by atoms with Crippen LogP contribution in [0.25, 0.3) is 22.9 Å². The van der Waals surface area contributed by atoms with E-state index in [2.05, 4.69) is 10.2 Å². The van der Waals surface area contributed by atoms with Crippen molar-refractivity contribution < 1.29 is 30.8 Å². The summed E-state index contributed by atoms with van der Waals surface area (Å²) < 4.78 is 83.0. The number of aromatic nitrogens is 2. The van der Waals surface area contributed by atoms with E-state index in [-0.39, 0.29) is 12.0 Å². The summed E-state index contributed by atoms with van der Waals surface area (Å²) in [5.74, 6) is -0.518. The lowest BCUT2D eigenvalue weighted by Gasteiger charge is -2.12. The fourth-order valence-electron chi connectivity index (χ4n) is 2.34. The van der Waals surface area contributed by atoms with Crippen LogP contribution in [0.1, 0.15) is 16.7 Å². The molecule has 2 aromatic carbocycles. The minimum absolute atomic E-state index is 0.0319. The van der Waals surface area contributed by atoms with Gasteiger partial charge in [0.2, 0.25) is 11.8 Å². The van der Waals surface area contributed by atoms with E-state index in [0.717, 1.165) is 0 Å². The first-order valence-corrected chi connectivity index (χ1v) is 7.45. The highest BCUT2D eigenvalue weighted by atomic mass is 19.4. The summed E-state index contributed by atoms with van der Waals surface area (Å²) >= 11 is 0. The normalized spacial score (nSPS) is 12.4. The Morgan fingerprint density at radius 1 is 0.778 bits per heavy atom. The molecule has 3 rings (SSSR count). The number of rotatable bonds is 2. The van der Waals surface area contributed by atoms with Crippen LogP contribution in [0.2, 0.25) is 0 Å². The Bertz CT molecular complexity index is 959. The van der Waals surface area contributed by atoms with Crippen LogP contribution in [-0.2, 0) is 12.4 Å². The average molecular weight is 387 g/mol. The third-order valence-corrected chi connectivity index (χ3v) is 3.78. The number of hydrogen-bond acceptors (Lipinski definition) is 4. The number of alkyl halides is 6. The van der Waals surface area contributed by atoms with Crippen LogP contribution >= 0.6 is 0 Å². The van der Waals surface area contributed by atoms with Gasteiger partial charge in [-0.05, 0) is 48.9 Å². The van der Waals surface area contributed by atoms with Crippen LogP contribution in [0.3, 0.4) is 0 Å². The Labute approximate surface area is 148 Å². The molecular weight excluding hydrogens is 376 g/mol. The first-order valence-electron chi connectivity index (χ1n) is 7.45. The molecule has 0 aliphatic rings. The van der Waals surface area contributed by atoms with Crippen molar-refractivity contribution in [3.8, 4) is 22.9 Å². The summed E-state index contributed by atoms with van der Waals surface area (Å²) in [6.45, 7) is 1.72. The largest absolute Gasteiger partial charge is 0.416 e. The molecule has 1 heterocycles. The highest BCUT2D eigenvalue weighted by Crippen LogP contribution is 2.38. The van der Waals surface area contributed by atoms with Gasteiger partial charge in [0, 0.05) is 16.8 Å². The van der Waals surface area contributed by atoms with Crippen molar-refractivity contribution in [1.82, 2.24) is 10.2 Å². The van der Waals surface area contributed by atoms with Crippen molar-refractivity contribution in [1.29, 1.82) is 0 Å². The molecule has 0 saturated heterocycles. The third-order valence-electron chi connectivity index (χ3n) is 3.78. The van der Waals surface area contributed by atoms with E-state index in [4.69, 9.17) is 10.2 Å². The van der Waals surface area contributed by atoms with Gasteiger partial charge in [-0.25, -0.2) is 0 Å². The quantitative estimate of drug-likeness (QED) is 0.477. The van der Waals surface area contributed by atoms with E-state index in [9.17, 15) is 26.3 Å². The topological polar surface area (TPSA) is 64.9 Å². The number of benzene rings is 2. The maximum absolute atomic E-state index is 13.0. The van der Waals surface area contributed by atoms with Gasteiger partial charge < -0.3 is 10.2 Å². The molecule has 27 heavy (non-hydrogen) atoms. The molecule has 1 aromatic heterocycles. The molecule has 0 atom stereocenters. The number of nitrogens with two attached hydrogens (primary N) is 1. The summed E-state index contributed by atoms with van der Waals surface area (Å²) in [5, 5.41) is 7.28. The van der Waals surface area contributed by atoms with Crippen LogP contribution in [-0.4, -0.2) is 10.2 Å². The first-order chi connectivity index (χ1) is 12.4. The zero-order valence-corrected chi connectivity index (χ0v) is 13.6. The Hall–Kier alpha value is -3.04. The zero-order chi connectivity index (χ0) is 20.0. The Balaban J connectivity index is 2.09. The summed E-state index contributed by atoms with van der Waals surface area (Å²) in [6, 6.07) is 5.82. The van der Waals surface area contributed by atoms with E-state index >= 15 is 0 Å². The summed E-state index contributed by atoms with van der Waals surface area (Å²) in [5.41, 5.74) is 3.93. The summed E-state index contributed by atoms with van der Waals surface area (Å²) in [4.78, 5) is 0. The fourth-order valence-corrected chi connectivity index (χ4v) is 2.34. The molecule has 142 valence electrons. The Morgan fingerprint density at radius 2 is 1.30 bits per heavy atom. The monoisotopic (exact) mass is 387 g/mol. The molecule has 10 heteroatoms. The van der Waals surface area contributed by atoms with Gasteiger partial charge in [-0.3, -0.25) is 0 Å². The smallest absolute Gasteiger partial charge is 0.416 e. The number of halogens is 6. The van der Waals surface area contributed by atoms with Crippen LogP contribution in [0.5, 0.6) is 0 Å². The lowest BCUT2D eigenvalue weighted by Crippen LogP contribution is -2.11. The maximum Gasteiger partial charge on any atom is 0.416 e. The molecule has 2 N–H and O–H groups in total. The number of nitrogens with zero attached hydrogens (tertiary/aromatic N) is 2. The number of anilines is 1. The van der Waals surface area contributed by atoms with Gasteiger partial charge in [0.05, 0.1) is 11.1 Å². The molecule has 0 aliphatic heterocycles. The molecule has 0 bridgehead atoms. The van der Waals surface area contributed by atoms with E-state index in [1.165, 1.54) is 0 Å². The number of aryl methyl sites for hydroxylation is 1. The highest BCUT2D eigenvalue weighted by Gasteiger charge is 2.37. The predicted molar refractivity (Wildman–Crippen MR) is 84.3 cm³/mol.